The molecular formula is C16H25BrIN5. The highest BCUT2D eigenvalue weighted by Gasteiger charge is 2.02. The summed E-state index contributed by atoms with van der Waals surface area (Å²) < 4.78 is 3.05. The molecule has 0 spiro atoms. The summed E-state index contributed by atoms with van der Waals surface area (Å²) in [5, 5.41) is 6.63. The molecule has 0 unspecified atom stereocenters. The van der Waals surface area contributed by atoms with Gasteiger partial charge in [0.15, 0.2) is 5.96 Å². The minimum atomic E-state index is 0. The lowest BCUT2D eigenvalue weighted by Gasteiger charge is -2.10. The molecule has 0 bridgehead atoms. The van der Waals surface area contributed by atoms with Crippen molar-refractivity contribution < 1.29 is 0 Å². The number of hydrogen-bond acceptors (Lipinski definition) is 2. The molecular weight excluding hydrogens is 469 g/mol. The summed E-state index contributed by atoms with van der Waals surface area (Å²) in [6.07, 6.45) is 7.66. The van der Waals surface area contributed by atoms with Gasteiger partial charge in [-0.1, -0.05) is 19.8 Å². The highest BCUT2D eigenvalue weighted by Crippen LogP contribution is 2.12. The molecule has 0 aromatic carbocycles. The van der Waals surface area contributed by atoms with Gasteiger partial charge in [0.25, 0.3) is 0 Å². The van der Waals surface area contributed by atoms with Crippen LogP contribution < -0.4 is 10.6 Å². The van der Waals surface area contributed by atoms with E-state index in [1.54, 1.807) is 0 Å². The Morgan fingerprint density at radius 3 is 2.78 bits per heavy atom. The van der Waals surface area contributed by atoms with Crippen LogP contribution in [0.5, 0.6) is 0 Å². The van der Waals surface area contributed by atoms with Crippen molar-refractivity contribution in [2.75, 3.05) is 13.1 Å². The number of nitrogens with one attached hydrogen (secondary N) is 2. The van der Waals surface area contributed by atoms with E-state index in [4.69, 9.17) is 0 Å². The fraction of sp³-hybridized carbons (Fsp3) is 0.500. The molecule has 0 aliphatic carbocycles. The van der Waals surface area contributed by atoms with Crippen LogP contribution in [0.25, 0.3) is 5.65 Å². The highest BCUT2D eigenvalue weighted by atomic mass is 127. The number of fused-ring (bicyclic) bond motifs is 1. The molecule has 2 aromatic rings. The predicted octanol–water partition coefficient (Wildman–Crippen LogP) is 3.96. The average molecular weight is 494 g/mol. The van der Waals surface area contributed by atoms with Crippen molar-refractivity contribution >= 4 is 51.5 Å². The van der Waals surface area contributed by atoms with Gasteiger partial charge in [0.05, 0.1) is 12.2 Å². The maximum atomic E-state index is 4.61. The van der Waals surface area contributed by atoms with Gasteiger partial charge in [-0.3, -0.25) is 0 Å². The number of rotatable bonds is 7. The Balaban J connectivity index is 0.00000264. The third-order valence-corrected chi connectivity index (χ3v) is 3.75. The van der Waals surface area contributed by atoms with Gasteiger partial charge in [-0.05, 0) is 41.4 Å². The number of aromatic nitrogens is 2. The van der Waals surface area contributed by atoms with Gasteiger partial charge in [0.1, 0.15) is 5.65 Å². The highest BCUT2D eigenvalue weighted by molar-refractivity contribution is 14.0. The molecule has 23 heavy (non-hydrogen) atoms. The number of nitrogens with zero attached hydrogens (tertiary/aromatic N) is 3. The van der Waals surface area contributed by atoms with Gasteiger partial charge in [0, 0.05) is 30.0 Å². The zero-order valence-corrected chi connectivity index (χ0v) is 17.6. The van der Waals surface area contributed by atoms with E-state index in [1.807, 2.05) is 28.9 Å². The Bertz CT molecular complexity index is 626. The Hall–Kier alpha value is -0.830. The number of pyridine rings is 1. The summed E-state index contributed by atoms with van der Waals surface area (Å²) in [5.41, 5.74) is 1.90. The van der Waals surface area contributed by atoms with Crippen LogP contribution in [0, 0.1) is 0 Å². The topological polar surface area (TPSA) is 53.7 Å². The van der Waals surface area contributed by atoms with E-state index >= 15 is 0 Å². The normalized spacial score (nSPS) is 11.3. The summed E-state index contributed by atoms with van der Waals surface area (Å²) in [7, 11) is 0. The molecule has 2 heterocycles. The van der Waals surface area contributed by atoms with Crippen molar-refractivity contribution in [3.63, 3.8) is 0 Å². The maximum Gasteiger partial charge on any atom is 0.191 e. The van der Waals surface area contributed by atoms with Gasteiger partial charge in [0.2, 0.25) is 0 Å². The second-order valence-electron chi connectivity index (χ2n) is 5.17. The van der Waals surface area contributed by atoms with Crippen LogP contribution in [0.2, 0.25) is 0 Å². The standard InChI is InChI=1S/C16H24BrN5.HI/c1-3-5-6-9-19-16(18-4-2)20-10-14-12-22-11-13(17)7-8-15(22)21-14;/h7-8,11-12H,3-6,9-10H2,1-2H3,(H2,18,19,20);1H. The van der Waals surface area contributed by atoms with Crippen LogP contribution in [0.15, 0.2) is 34.0 Å². The van der Waals surface area contributed by atoms with Crippen molar-refractivity contribution in [1.29, 1.82) is 0 Å². The lowest BCUT2D eigenvalue weighted by Crippen LogP contribution is -2.37. The molecule has 0 aliphatic heterocycles. The first-order chi connectivity index (χ1) is 10.7. The molecule has 0 radical (unpaired) electrons. The quantitative estimate of drug-likeness (QED) is 0.265. The molecule has 2 rings (SSSR count). The van der Waals surface area contributed by atoms with Crippen LogP contribution in [-0.2, 0) is 6.54 Å². The van der Waals surface area contributed by atoms with E-state index < -0.39 is 0 Å². The lowest BCUT2D eigenvalue weighted by molar-refractivity contribution is 0.683. The van der Waals surface area contributed by atoms with E-state index in [-0.39, 0.29) is 24.0 Å². The number of hydrogen-bond donors (Lipinski definition) is 2. The SMILES string of the molecule is CCCCCNC(=NCc1cn2cc(Br)ccc2n1)NCC.I. The van der Waals surface area contributed by atoms with Crippen molar-refractivity contribution in [2.24, 2.45) is 4.99 Å². The van der Waals surface area contributed by atoms with E-state index in [9.17, 15) is 0 Å². The number of guanidine groups is 1. The first-order valence-electron chi connectivity index (χ1n) is 7.88. The second-order valence-corrected chi connectivity index (χ2v) is 6.09. The molecule has 0 saturated carbocycles. The van der Waals surface area contributed by atoms with Gasteiger partial charge in [-0.25, -0.2) is 9.98 Å². The Morgan fingerprint density at radius 1 is 1.22 bits per heavy atom. The van der Waals surface area contributed by atoms with Gasteiger partial charge < -0.3 is 15.0 Å². The van der Waals surface area contributed by atoms with Crippen molar-refractivity contribution in [1.82, 2.24) is 20.0 Å². The van der Waals surface area contributed by atoms with Crippen LogP contribution in [0.4, 0.5) is 0 Å². The monoisotopic (exact) mass is 493 g/mol. The number of unbranched alkanes of at least 4 members (excludes halogenated alkanes) is 2. The second kappa shape index (κ2) is 10.9. The van der Waals surface area contributed by atoms with E-state index in [2.05, 4.69) is 50.4 Å². The first-order valence-corrected chi connectivity index (χ1v) is 8.67. The zero-order chi connectivity index (χ0) is 15.8. The molecule has 0 amide bonds. The number of halogens is 2. The summed E-state index contributed by atoms with van der Waals surface area (Å²) in [4.78, 5) is 9.18. The van der Waals surface area contributed by atoms with Crippen molar-refractivity contribution in [2.45, 2.75) is 39.7 Å². The first kappa shape index (κ1) is 20.2. The van der Waals surface area contributed by atoms with Crippen LogP contribution >= 0.6 is 39.9 Å². The molecule has 5 nitrogen and oxygen atoms in total. The number of imidazole rings is 1. The van der Waals surface area contributed by atoms with E-state index in [0.29, 0.717) is 6.54 Å². The van der Waals surface area contributed by atoms with E-state index in [1.165, 1.54) is 19.3 Å². The largest absolute Gasteiger partial charge is 0.357 e. The fourth-order valence-electron chi connectivity index (χ4n) is 2.18. The van der Waals surface area contributed by atoms with E-state index in [0.717, 1.165) is 34.9 Å². The molecule has 0 atom stereocenters. The minimum Gasteiger partial charge on any atom is -0.357 e. The molecule has 128 valence electrons. The van der Waals surface area contributed by atoms with Crippen LogP contribution in [0.3, 0.4) is 0 Å². The number of aliphatic imine (C=N–C) groups is 1. The van der Waals surface area contributed by atoms with Crippen molar-refractivity contribution in [3.8, 4) is 0 Å². The van der Waals surface area contributed by atoms with Crippen LogP contribution in [-0.4, -0.2) is 28.4 Å². The predicted molar refractivity (Wildman–Crippen MR) is 111 cm³/mol. The minimum absolute atomic E-state index is 0. The molecule has 2 N–H and O–H groups in total. The maximum absolute atomic E-state index is 4.61. The van der Waals surface area contributed by atoms with Crippen LogP contribution in [0.1, 0.15) is 38.8 Å². The summed E-state index contributed by atoms with van der Waals surface area (Å²) in [5.74, 6) is 0.858. The Labute approximate surface area is 163 Å². The molecule has 7 heteroatoms. The Kier molecular flexibility index (Phi) is 9.54. The summed E-state index contributed by atoms with van der Waals surface area (Å²) in [6, 6.07) is 3.99. The van der Waals surface area contributed by atoms with Gasteiger partial charge >= 0.3 is 0 Å². The molecule has 0 fully saturated rings. The average Bonchev–Trinajstić information content (AvgIpc) is 2.91. The third-order valence-electron chi connectivity index (χ3n) is 3.28. The Morgan fingerprint density at radius 2 is 2.04 bits per heavy atom. The summed E-state index contributed by atoms with van der Waals surface area (Å²) in [6.45, 7) is 6.67. The van der Waals surface area contributed by atoms with Crippen molar-refractivity contribution in [3.05, 3.63) is 34.7 Å². The smallest absolute Gasteiger partial charge is 0.191 e. The lowest BCUT2D eigenvalue weighted by atomic mass is 10.2. The van der Waals surface area contributed by atoms with Gasteiger partial charge in [-0.15, -0.1) is 24.0 Å². The molecule has 0 saturated heterocycles. The third kappa shape index (κ3) is 6.66. The fourth-order valence-corrected chi connectivity index (χ4v) is 2.53. The van der Waals surface area contributed by atoms with Gasteiger partial charge in [-0.2, -0.15) is 0 Å². The molecule has 0 aliphatic rings. The molecule has 2 aromatic heterocycles. The zero-order valence-electron chi connectivity index (χ0n) is 13.7. The summed E-state index contributed by atoms with van der Waals surface area (Å²) >= 11 is 3.47.